The summed E-state index contributed by atoms with van der Waals surface area (Å²) in [5.41, 5.74) is 1.02. The maximum atomic E-state index is 13.5. The van der Waals surface area contributed by atoms with E-state index in [2.05, 4.69) is 0 Å². The van der Waals surface area contributed by atoms with Gasteiger partial charge in [-0.2, -0.15) is 0 Å². The molecule has 2 amide bonds. The fourth-order valence-electron chi connectivity index (χ4n) is 3.49. The SMILES string of the molecule is Cc1c(C(=O)N2CCN(C(=O)c3ccc(F)cc3Cl)CC2)sc2ccc(F)cc12. The van der Waals surface area contributed by atoms with Gasteiger partial charge in [-0.25, -0.2) is 8.78 Å². The molecule has 29 heavy (non-hydrogen) atoms. The summed E-state index contributed by atoms with van der Waals surface area (Å²) in [5, 5.41) is 0.819. The molecule has 1 aromatic heterocycles. The number of fused-ring (bicyclic) bond motifs is 1. The van der Waals surface area contributed by atoms with Crippen molar-refractivity contribution in [3.8, 4) is 0 Å². The van der Waals surface area contributed by atoms with Crippen molar-refractivity contribution in [2.75, 3.05) is 26.2 Å². The molecule has 1 aliphatic rings. The highest BCUT2D eigenvalue weighted by atomic mass is 35.5. The number of piperazine rings is 1. The number of thiophene rings is 1. The molecule has 4 nitrogen and oxygen atoms in total. The Morgan fingerprint density at radius 1 is 0.931 bits per heavy atom. The molecule has 2 heterocycles. The summed E-state index contributed by atoms with van der Waals surface area (Å²) in [5.74, 6) is -1.23. The Kier molecular flexibility index (Phi) is 5.27. The van der Waals surface area contributed by atoms with E-state index in [0.717, 1.165) is 21.7 Å². The van der Waals surface area contributed by atoms with Gasteiger partial charge in [-0.15, -0.1) is 11.3 Å². The molecule has 4 rings (SSSR count). The molecule has 0 N–H and O–H groups in total. The van der Waals surface area contributed by atoms with Gasteiger partial charge >= 0.3 is 0 Å². The first kappa shape index (κ1) is 19.8. The van der Waals surface area contributed by atoms with Gasteiger partial charge in [-0.1, -0.05) is 11.6 Å². The number of benzene rings is 2. The summed E-state index contributed by atoms with van der Waals surface area (Å²) in [6.07, 6.45) is 0. The van der Waals surface area contributed by atoms with Gasteiger partial charge < -0.3 is 9.80 Å². The summed E-state index contributed by atoms with van der Waals surface area (Å²) in [7, 11) is 0. The van der Waals surface area contributed by atoms with E-state index in [9.17, 15) is 18.4 Å². The number of halogens is 3. The van der Waals surface area contributed by atoms with E-state index >= 15 is 0 Å². The summed E-state index contributed by atoms with van der Waals surface area (Å²) in [6, 6.07) is 8.20. The molecule has 1 fully saturated rings. The van der Waals surface area contributed by atoms with E-state index in [4.69, 9.17) is 11.6 Å². The molecule has 8 heteroatoms. The number of hydrogen-bond donors (Lipinski definition) is 0. The molecular weight excluding hydrogens is 418 g/mol. The standard InChI is InChI=1S/C21H17ClF2N2O2S/c1-12-16-10-13(23)3-5-18(16)29-19(12)21(28)26-8-6-25(7-9-26)20(27)15-4-2-14(24)11-17(15)22/h2-5,10-11H,6-9H2,1H3. The molecule has 0 saturated carbocycles. The van der Waals surface area contributed by atoms with Crippen LogP contribution in [0.4, 0.5) is 8.78 Å². The highest BCUT2D eigenvalue weighted by molar-refractivity contribution is 7.21. The monoisotopic (exact) mass is 434 g/mol. The van der Waals surface area contributed by atoms with Crippen LogP contribution in [0.15, 0.2) is 36.4 Å². The van der Waals surface area contributed by atoms with Gasteiger partial charge in [0.2, 0.25) is 0 Å². The fraction of sp³-hybridized carbons (Fsp3) is 0.238. The molecule has 1 aliphatic heterocycles. The van der Waals surface area contributed by atoms with Gasteiger partial charge in [-0.05, 0) is 54.3 Å². The molecule has 1 saturated heterocycles. The van der Waals surface area contributed by atoms with E-state index in [1.54, 1.807) is 15.9 Å². The van der Waals surface area contributed by atoms with E-state index in [1.165, 1.54) is 35.6 Å². The van der Waals surface area contributed by atoms with Crippen molar-refractivity contribution in [2.24, 2.45) is 0 Å². The van der Waals surface area contributed by atoms with Crippen LogP contribution in [0, 0.1) is 18.6 Å². The van der Waals surface area contributed by atoms with Crippen LogP contribution in [0.1, 0.15) is 25.6 Å². The molecule has 0 atom stereocenters. The smallest absolute Gasteiger partial charge is 0.264 e. The van der Waals surface area contributed by atoms with E-state index in [1.807, 2.05) is 6.92 Å². The number of rotatable bonds is 2. The second-order valence-electron chi connectivity index (χ2n) is 6.91. The Morgan fingerprint density at radius 3 is 2.17 bits per heavy atom. The Labute approximate surface area is 175 Å². The molecular formula is C21H17ClF2N2O2S. The Balaban J connectivity index is 1.47. The maximum absolute atomic E-state index is 13.5. The Bertz CT molecular complexity index is 1120. The van der Waals surface area contributed by atoms with Crippen LogP contribution in [-0.2, 0) is 0 Å². The van der Waals surface area contributed by atoms with Gasteiger partial charge in [-0.3, -0.25) is 9.59 Å². The molecule has 2 aromatic carbocycles. The first-order chi connectivity index (χ1) is 13.8. The summed E-state index contributed by atoms with van der Waals surface area (Å²) in [6.45, 7) is 3.30. The van der Waals surface area contributed by atoms with Crippen LogP contribution in [0.25, 0.3) is 10.1 Å². The third-order valence-corrected chi connectivity index (χ3v) is 6.68. The van der Waals surface area contributed by atoms with Crippen molar-refractivity contribution < 1.29 is 18.4 Å². The zero-order valence-corrected chi connectivity index (χ0v) is 17.1. The topological polar surface area (TPSA) is 40.6 Å². The third kappa shape index (κ3) is 3.72. The van der Waals surface area contributed by atoms with Gasteiger partial charge in [0.15, 0.2) is 0 Å². The molecule has 0 spiro atoms. The lowest BCUT2D eigenvalue weighted by atomic mass is 10.1. The van der Waals surface area contributed by atoms with Crippen molar-refractivity contribution in [2.45, 2.75) is 6.92 Å². The molecule has 0 unspecified atom stereocenters. The second kappa shape index (κ2) is 7.72. The summed E-state index contributed by atoms with van der Waals surface area (Å²) in [4.78, 5) is 29.5. The van der Waals surface area contributed by atoms with Crippen molar-refractivity contribution in [3.63, 3.8) is 0 Å². The number of carbonyl (C=O) groups is 2. The summed E-state index contributed by atoms with van der Waals surface area (Å²) >= 11 is 7.34. The minimum atomic E-state index is -0.499. The Hall–Kier alpha value is -2.51. The molecule has 0 bridgehead atoms. The number of nitrogens with zero attached hydrogens (tertiary/aromatic N) is 2. The summed E-state index contributed by atoms with van der Waals surface area (Å²) < 4.78 is 27.6. The molecule has 0 radical (unpaired) electrons. The first-order valence-corrected chi connectivity index (χ1v) is 10.3. The van der Waals surface area contributed by atoms with E-state index < -0.39 is 5.82 Å². The van der Waals surface area contributed by atoms with Crippen molar-refractivity contribution in [1.82, 2.24) is 9.80 Å². The average Bonchev–Trinajstić information content (AvgIpc) is 3.03. The zero-order chi connectivity index (χ0) is 20.7. The van der Waals surface area contributed by atoms with Gasteiger partial charge in [0.1, 0.15) is 11.6 Å². The van der Waals surface area contributed by atoms with Crippen LogP contribution in [-0.4, -0.2) is 47.8 Å². The number of aryl methyl sites for hydroxylation is 1. The lowest BCUT2D eigenvalue weighted by Gasteiger charge is -2.34. The van der Waals surface area contributed by atoms with Crippen LogP contribution < -0.4 is 0 Å². The highest BCUT2D eigenvalue weighted by Gasteiger charge is 2.28. The molecule has 0 aliphatic carbocycles. The van der Waals surface area contributed by atoms with Gasteiger partial charge in [0.05, 0.1) is 15.5 Å². The van der Waals surface area contributed by atoms with Crippen molar-refractivity contribution in [3.05, 3.63) is 69.1 Å². The van der Waals surface area contributed by atoms with Crippen molar-refractivity contribution in [1.29, 1.82) is 0 Å². The Morgan fingerprint density at radius 2 is 1.52 bits per heavy atom. The fourth-order valence-corrected chi connectivity index (χ4v) is 4.89. The van der Waals surface area contributed by atoms with E-state index in [-0.39, 0.29) is 28.2 Å². The quantitative estimate of drug-likeness (QED) is 0.584. The largest absolute Gasteiger partial charge is 0.335 e. The first-order valence-electron chi connectivity index (χ1n) is 9.07. The van der Waals surface area contributed by atoms with Crippen LogP contribution in [0.5, 0.6) is 0 Å². The highest BCUT2D eigenvalue weighted by Crippen LogP contribution is 2.32. The minimum absolute atomic E-state index is 0.0710. The predicted molar refractivity (Wildman–Crippen MR) is 110 cm³/mol. The maximum Gasteiger partial charge on any atom is 0.264 e. The average molecular weight is 435 g/mol. The van der Waals surface area contributed by atoms with Crippen LogP contribution in [0.2, 0.25) is 5.02 Å². The number of hydrogen-bond acceptors (Lipinski definition) is 3. The third-order valence-electron chi connectivity index (χ3n) is 5.11. The van der Waals surface area contributed by atoms with Crippen LogP contribution >= 0.6 is 22.9 Å². The zero-order valence-electron chi connectivity index (χ0n) is 15.5. The normalized spacial score (nSPS) is 14.5. The lowest BCUT2D eigenvalue weighted by molar-refractivity contribution is 0.0538. The number of amides is 2. The number of carbonyl (C=O) groups excluding carboxylic acids is 2. The van der Waals surface area contributed by atoms with Gasteiger partial charge in [0, 0.05) is 30.9 Å². The predicted octanol–water partition coefficient (Wildman–Crippen LogP) is 4.74. The van der Waals surface area contributed by atoms with Crippen LogP contribution in [0.3, 0.4) is 0 Å². The minimum Gasteiger partial charge on any atom is -0.335 e. The van der Waals surface area contributed by atoms with E-state index in [0.29, 0.717) is 31.1 Å². The van der Waals surface area contributed by atoms with Crippen molar-refractivity contribution >= 4 is 44.8 Å². The lowest BCUT2D eigenvalue weighted by Crippen LogP contribution is -2.50. The van der Waals surface area contributed by atoms with Gasteiger partial charge in [0.25, 0.3) is 11.8 Å². The molecule has 150 valence electrons. The molecule has 3 aromatic rings. The second-order valence-corrected chi connectivity index (χ2v) is 8.36.